The molecule has 0 aliphatic heterocycles. The molecule has 0 rings (SSSR count). The number of rotatable bonds is 9. The standard InChI is InChI=1S/C15H24F6O2/c1-4-6-8-10(14(16,17)18)12(13(22)23-3)11(9-7-5-2)15(19,20)21/h10-12H,4-9H2,1-3H3. The van der Waals surface area contributed by atoms with Crippen molar-refractivity contribution in [2.45, 2.75) is 64.7 Å². The summed E-state index contributed by atoms with van der Waals surface area (Å²) in [6.07, 6.45) is -9.82. The van der Waals surface area contributed by atoms with Crippen LogP contribution in [0.25, 0.3) is 0 Å². The van der Waals surface area contributed by atoms with Crippen LogP contribution in [0.1, 0.15) is 52.4 Å². The average Bonchev–Trinajstić information content (AvgIpc) is 2.42. The van der Waals surface area contributed by atoms with E-state index in [1.54, 1.807) is 13.8 Å². The lowest BCUT2D eigenvalue weighted by Gasteiger charge is -2.34. The second-order valence-electron chi connectivity index (χ2n) is 5.63. The van der Waals surface area contributed by atoms with Gasteiger partial charge in [0.25, 0.3) is 0 Å². The molecule has 0 aromatic carbocycles. The van der Waals surface area contributed by atoms with E-state index < -0.39 is 48.9 Å². The summed E-state index contributed by atoms with van der Waals surface area (Å²) in [5.74, 6) is -8.39. The maximum absolute atomic E-state index is 13.3. The van der Waals surface area contributed by atoms with Gasteiger partial charge in [0.05, 0.1) is 24.9 Å². The molecule has 0 aromatic rings. The molecule has 8 heteroatoms. The summed E-state index contributed by atoms with van der Waals surface area (Å²) in [6, 6.07) is 0. The van der Waals surface area contributed by atoms with Crippen LogP contribution < -0.4 is 0 Å². The Bertz CT molecular complexity index is 325. The summed E-state index contributed by atoms with van der Waals surface area (Å²) in [7, 11) is 0.815. The van der Waals surface area contributed by atoms with Gasteiger partial charge in [0.1, 0.15) is 0 Å². The maximum atomic E-state index is 13.3. The van der Waals surface area contributed by atoms with Gasteiger partial charge < -0.3 is 4.74 Å². The fourth-order valence-corrected chi connectivity index (χ4v) is 2.69. The fourth-order valence-electron chi connectivity index (χ4n) is 2.69. The van der Waals surface area contributed by atoms with E-state index in [0.29, 0.717) is 12.8 Å². The van der Waals surface area contributed by atoms with Crippen LogP contribution in [-0.2, 0) is 9.53 Å². The van der Waals surface area contributed by atoms with Crippen molar-refractivity contribution in [3.8, 4) is 0 Å². The molecule has 0 bridgehead atoms. The zero-order valence-electron chi connectivity index (χ0n) is 13.6. The van der Waals surface area contributed by atoms with E-state index in [2.05, 4.69) is 4.74 Å². The molecule has 0 heterocycles. The van der Waals surface area contributed by atoms with E-state index in [4.69, 9.17) is 0 Å². The molecule has 0 spiro atoms. The van der Waals surface area contributed by atoms with Crippen LogP contribution in [0.15, 0.2) is 0 Å². The third-order valence-corrected chi connectivity index (χ3v) is 3.92. The van der Waals surface area contributed by atoms with Gasteiger partial charge in [-0.2, -0.15) is 26.3 Å². The first-order chi connectivity index (χ1) is 10.5. The highest BCUT2D eigenvalue weighted by Gasteiger charge is 2.56. The first-order valence-electron chi connectivity index (χ1n) is 7.71. The zero-order valence-corrected chi connectivity index (χ0v) is 13.6. The van der Waals surface area contributed by atoms with Crippen molar-refractivity contribution in [2.75, 3.05) is 7.11 Å². The van der Waals surface area contributed by atoms with Crippen molar-refractivity contribution < 1.29 is 35.9 Å². The van der Waals surface area contributed by atoms with Gasteiger partial charge in [-0.05, 0) is 12.8 Å². The summed E-state index contributed by atoms with van der Waals surface area (Å²) >= 11 is 0. The molecule has 0 saturated carbocycles. The average molecular weight is 350 g/mol. The second-order valence-corrected chi connectivity index (χ2v) is 5.63. The van der Waals surface area contributed by atoms with Crippen LogP contribution in [-0.4, -0.2) is 25.4 Å². The third-order valence-electron chi connectivity index (χ3n) is 3.92. The van der Waals surface area contributed by atoms with E-state index in [-0.39, 0.29) is 12.8 Å². The molecular formula is C15H24F6O2. The number of hydrogen-bond donors (Lipinski definition) is 0. The van der Waals surface area contributed by atoms with Crippen LogP contribution in [0.2, 0.25) is 0 Å². The molecule has 0 N–H and O–H groups in total. The predicted octanol–water partition coefficient (Wildman–Crippen LogP) is 5.51. The van der Waals surface area contributed by atoms with E-state index in [0.717, 1.165) is 7.11 Å². The van der Waals surface area contributed by atoms with Crippen LogP contribution in [0.4, 0.5) is 26.3 Å². The van der Waals surface area contributed by atoms with E-state index >= 15 is 0 Å². The molecule has 0 radical (unpaired) electrons. The molecule has 23 heavy (non-hydrogen) atoms. The summed E-state index contributed by atoms with van der Waals surface area (Å²) in [6.45, 7) is 3.28. The van der Waals surface area contributed by atoms with Gasteiger partial charge >= 0.3 is 18.3 Å². The van der Waals surface area contributed by atoms with Crippen molar-refractivity contribution in [2.24, 2.45) is 17.8 Å². The van der Waals surface area contributed by atoms with Crippen molar-refractivity contribution in [1.29, 1.82) is 0 Å². The number of alkyl halides is 6. The van der Waals surface area contributed by atoms with Gasteiger partial charge in [0, 0.05) is 0 Å². The Morgan fingerprint density at radius 1 is 0.870 bits per heavy atom. The van der Waals surface area contributed by atoms with Crippen molar-refractivity contribution in [3.05, 3.63) is 0 Å². The van der Waals surface area contributed by atoms with Crippen LogP contribution in [0, 0.1) is 17.8 Å². The number of methoxy groups -OCH3 is 1. The zero-order chi connectivity index (χ0) is 18.3. The lowest BCUT2D eigenvalue weighted by molar-refractivity contribution is -0.239. The maximum Gasteiger partial charge on any atom is 0.392 e. The highest BCUT2D eigenvalue weighted by atomic mass is 19.4. The molecule has 138 valence electrons. The molecular weight excluding hydrogens is 326 g/mol. The quantitative estimate of drug-likeness (QED) is 0.405. The molecule has 0 aromatic heterocycles. The lowest BCUT2D eigenvalue weighted by atomic mass is 9.76. The molecule has 2 nitrogen and oxygen atoms in total. The molecule has 2 atom stereocenters. The van der Waals surface area contributed by atoms with Crippen LogP contribution in [0.5, 0.6) is 0 Å². The summed E-state index contributed by atoms with van der Waals surface area (Å²) < 4.78 is 84.0. The fraction of sp³-hybridized carbons (Fsp3) is 0.933. The Morgan fingerprint density at radius 3 is 1.43 bits per heavy atom. The molecule has 0 aliphatic rings. The normalized spacial score (nSPS) is 16.7. The van der Waals surface area contributed by atoms with E-state index in [1.165, 1.54) is 0 Å². The Balaban J connectivity index is 5.77. The Labute approximate surface area is 132 Å². The van der Waals surface area contributed by atoms with Gasteiger partial charge in [-0.1, -0.05) is 39.5 Å². The van der Waals surface area contributed by atoms with Gasteiger partial charge in [0.15, 0.2) is 0 Å². The number of ether oxygens (including phenoxy) is 1. The van der Waals surface area contributed by atoms with Crippen LogP contribution in [0.3, 0.4) is 0 Å². The molecule has 0 fully saturated rings. The predicted molar refractivity (Wildman–Crippen MR) is 73.6 cm³/mol. The first kappa shape index (κ1) is 22.1. The molecule has 0 aliphatic carbocycles. The third kappa shape index (κ3) is 6.99. The van der Waals surface area contributed by atoms with E-state index in [9.17, 15) is 31.1 Å². The minimum atomic E-state index is -4.89. The second kappa shape index (κ2) is 9.37. The Hall–Kier alpha value is -0.950. The topological polar surface area (TPSA) is 26.3 Å². The molecule has 0 saturated heterocycles. The van der Waals surface area contributed by atoms with E-state index in [1.807, 2.05) is 0 Å². The molecule has 0 amide bonds. The largest absolute Gasteiger partial charge is 0.469 e. The van der Waals surface area contributed by atoms with Crippen molar-refractivity contribution >= 4 is 5.97 Å². The Morgan fingerprint density at radius 2 is 1.22 bits per heavy atom. The van der Waals surface area contributed by atoms with Gasteiger partial charge in [0.2, 0.25) is 0 Å². The summed E-state index contributed by atoms with van der Waals surface area (Å²) in [5.41, 5.74) is 0. The van der Waals surface area contributed by atoms with Gasteiger partial charge in [-0.3, -0.25) is 4.79 Å². The minimum Gasteiger partial charge on any atom is -0.469 e. The van der Waals surface area contributed by atoms with Crippen molar-refractivity contribution in [1.82, 2.24) is 0 Å². The highest BCUT2D eigenvalue weighted by Crippen LogP contribution is 2.46. The number of halogens is 6. The monoisotopic (exact) mass is 350 g/mol. The Kier molecular flexibility index (Phi) is 8.98. The number of esters is 1. The SMILES string of the molecule is CCCCC(C(C(=O)OC)C(CCCC)C(F)(F)F)C(F)(F)F. The highest BCUT2D eigenvalue weighted by molar-refractivity contribution is 5.73. The van der Waals surface area contributed by atoms with Gasteiger partial charge in [-0.25, -0.2) is 0 Å². The van der Waals surface area contributed by atoms with Gasteiger partial charge in [-0.15, -0.1) is 0 Å². The summed E-state index contributed by atoms with van der Waals surface area (Å²) in [5, 5.41) is 0. The summed E-state index contributed by atoms with van der Waals surface area (Å²) in [4.78, 5) is 11.8. The van der Waals surface area contributed by atoms with Crippen molar-refractivity contribution in [3.63, 3.8) is 0 Å². The lowest BCUT2D eigenvalue weighted by Crippen LogP contribution is -2.45. The number of unbranched alkanes of at least 4 members (excludes halogenated alkanes) is 2. The van der Waals surface area contributed by atoms with Crippen LogP contribution >= 0.6 is 0 Å². The number of hydrogen-bond acceptors (Lipinski definition) is 2. The number of carbonyl (C=O) groups is 1. The smallest absolute Gasteiger partial charge is 0.392 e. The first-order valence-corrected chi connectivity index (χ1v) is 7.71. The number of carbonyl (C=O) groups excluding carboxylic acids is 1. The minimum absolute atomic E-state index is 0.0933. The molecule has 2 unspecified atom stereocenters.